The molecule has 8 nitrogen and oxygen atoms in total. The Labute approximate surface area is 147 Å². The Morgan fingerprint density at radius 3 is 2.58 bits per heavy atom. The number of amides is 2. The Morgan fingerprint density at radius 2 is 1.88 bits per heavy atom. The summed E-state index contributed by atoms with van der Waals surface area (Å²) in [6.45, 7) is 0. The van der Waals surface area contributed by atoms with Gasteiger partial charge in [0.2, 0.25) is 5.91 Å². The van der Waals surface area contributed by atoms with Crippen molar-refractivity contribution in [3.05, 3.63) is 63.7 Å². The van der Waals surface area contributed by atoms with Crippen LogP contribution in [0.1, 0.15) is 17.5 Å². The van der Waals surface area contributed by atoms with E-state index in [4.69, 9.17) is 0 Å². The van der Waals surface area contributed by atoms with E-state index in [1.807, 2.05) is 0 Å². The van der Waals surface area contributed by atoms with Crippen LogP contribution in [0, 0.1) is 10.1 Å². The number of rotatable bonds is 3. The lowest BCUT2D eigenvalue weighted by molar-refractivity contribution is -0.384. The van der Waals surface area contributed by atoms with Crippen molar-refractivity contribution in [2.24, 2.45) is 0 Å². The van der Waals surface area contributed by atoms with E-state index in [9.17, 15) is 29.9 Å². The predicted molar refractivity (Wildman–Crippen MR) is 92.7 cm³/mol. The molecule has 1 heterocycles. The molecule has 2 aromatic rings. The van der Waals surface area contributed by atoms with Crippen LogP contribution in [0.3, 0.4) is 0 Å². The molecule has 0 radical (unpaired) electrons. The van der Waals surface area contributed by atoms with Crippen molar-refractivity contribution in [1.82, 2.24) is 0 Å². The standard InChI is InChI=1S/C18H14N2O6/c21-15-6-1-11(9-16(15)22)2-7-17(23)19-14-5-4-13(20(25)26)10-12(14)3-8-18(19)24/h1-2,4-7,9-10,21-22H,3,8H2. The van der Waals surface area contributed by atoms with Gasteiger partial charge in [-0.1, -0.05) is 6.07 Å². The highest BCUT2D eigenvalue weighted by atomic mass is 16.6. The Bertz CT molecular complexity index is 951. The summed E-state index contributed by atoms with van der Waals surface area (Å²) in [5.74, 6) is -1.60. The Hall–Kier alpha value is -3.68. The minimum absolute atomic E-state index is 0.0771. The number of fused-ring (bicyclic) bond motifs is 1. The normalized spacial score (nSPS) is 13.7. The number of hydrogen-bond donors (Lipinski definition) is 2. The fraction of sp³-hybridized carbons (Fsp3) is 0.111. The number of non-ortho nitro benzene ring substituents is 1. The summed E-state index contributed by atoms with van der Waals surface area (Å²) in [7, 11) is 0. The van der Waals surface area contributed by atoms with Gasteiger partial charge in [0.05, 0.1) is 10.6 Å². The SMILES string of the molecule is O=C(C=Cc1ccc(O)c(O)c1)N1C(=O)CCc2cc([N+](=O)[O-])ccc21. The van der Waals surface area contributed by atoms with Gasteiger partial charge in [-0.25, -0.2) is 4.90 Å². The zero-order valence-corrected chi connectivity index (χ0v) is 13.5. The number of phenolic OH excluding ortho intramolecular Hbond substituents is 2. The molecular weight excluding hydrogens is 340 g/mol. The van der Waals surface area contributed by atoms with E-state index in [-0.39, 0.29) is 23.6 Å². The molecule has 2 aromatic carbocycles. The van der Waals surface area contributed by atoms with Gasteiger partial charge in [0, 0.05) is 24.6 Å². The highest BCUT2D eigenvalue weighted by Gasteiger charge is 2.29. The van der Waals surface area contributed by atoms with E-state index in [1.54, 1.807) is 0 Å². The molecule has 0 bridgehead atoms. The summed E-state index contributed by atoms with van der Waals surface area (Å²) in [5, 5.41) is 29.6. The molecule has 0 spiro atoms. The molecule has 0 saturated heterocycles. The third kappa shape index (κ3) is 3.25. The fourth-order valence-corrected chi connectivity index (χ4v) is 2.72. The Balaban J connectivity index is 1.89. The number of hydrogen-bond acceptors (Lipinski definition) is 6. The van der Waals surface area contributed by atoms with Gasteiger partial charge in [0.25, 0.3) is 11.6 Å². The maximum Gasteiger partial charge on any atom is 0.269 e. The zero-order chi connectivity index (χ0) is 18.8. The second-order valence-electron chi connectivity index (χ2n) is 5.72. The molecule has 0 unspecified atom stereocenters. The quantitative estimate of drug-likeness (QED) is 0.378. The summed E-state index contributed by atoms with van der Waals surface area (Å²) in [4.78, 5) is 36.0. The van der Waals surface area contributed by atoms with Crippen molar-refractivity contribution in [2.45, 2.75) is 12.8 Å². The minimum atomic E-state index is -0.600. The van der Waals surface area contributed by atoms with Crippen LogP contribution in [0.2, 0.25) is 0 Å². The van der Waals surface area contributed by atoms with Crippen LogP contribution >= 0.6 is 0 Å². The maximum atomic E-state index is 12.5. The lowest BCUT2D eigenvalue weighted by Gasteiger charge is -2.26. The number of imide groups is 1. The van der Waals surface area contributed by atoms with Gasteiger partial charge in [0.1, 0.15) is 0 Å². The van der Waals surface area contributed by atoms with Crippen LogP contribution in [0.15, 0.2) is 42.5 Å². The molecule has 1 aliphatic heterocycles. The van der Waals surface area contributed by atoms with Gasteiger partial charge in [-0.15, -0.1) is 0 Å². The van der Waals surface area contributed by atoms with Crippen molar-refractivity contribution in [2.75, 3.05) is 4.90 Å². The summed E-state index contributed by atoms with van der Waals surface area (Å²) < 4.78 is 0. The lowest BCUT2D eigenvalue weighted by atomic mass is 10.00. The topological polar surface area (TPSA) is 121 Å². The van der Waals surface area contributed by atoms with Crippen molar-refractivity contribution < 1.29 is 24.7 Å². The van der Waals surface area contributed by atoms with E-state index < -0.39 is 16.7 Å². The molecule has 1 aliphatic rings. The molecule has 132 valence electrons. The van der Waals surface area contributed by atoms with Gasteiger partial charge in [-0.3, -0.25) is 19.7 Å². The second kappa shape index (κ2) is 6.67. The van der Waals surface area contributed by atoms with Crippen molar-refractivity contribution in [3.8, 4) is 11.5 Å². The lowest BCUT2D eigenvalue weighted by Crippen LogP contribution is -2.39. The predicted octanol–water partition coefficient (Wildman–Crippen LogP) is 2.53. The highest BCUT2D eigenvalue weighted by Crippen LogP contribution is 2.31. The van der Waals surface area contributed by atoms with Crippen LogP contribution in [0.4, 0.5) is 11.4 Å². The number of anilines is 1. The fourth-order valence-electron chi connectivity index (χ4n) is 2.72. The van der Waals surface area contributed by atoms with E-state index in [2.05, 4.69) is 0 Å². The largest absolute Gasteiger partial charge is 0.504 e. The van der Waals surface area contributed by atoms with E-state index in [0.29, 0.717) is 23.2 Å². The third-order valence-corrected chi connectivity index (χ3v) is 4.01. The molecule has 0 saturated carbocycles. The zero-order valence-electron chi connectivity index (χ0n) is 13.5. The average Bonchev–Trinajstić information content (AvgIpc) is 2.61. The molecule has 0 aromatic heterocycles. The first-order valence-electron chi connectivity index (χ1n) is 7.71. The molecule has 0 aliphatic carbocycles. The molecule has 26 heavy (non-hydrogen) atoms. The van der Waals surface area contributed by atoms with Gasteiger partial charge in [-0.2, -0.15) is 0 Å². The minimum Gasteiger partial charge on any atom is -0.504 e. The van der Waals surface area contributed by atoms with Crippen LogP contribution in [-0.2, 0) is 16.0 Å². The van der Waals surface area contributed by atoms with Crippen molar-refractivity contribution >= 4 is 29.3 Å². The van der Waals surface area contributed by atoms with Gasteiger partial charge < -0.3 is 10.2 Å². The molecular formula is C18H14N2O6. The van der Waals surface area contributed by atoms with Gasteiger partial charge >= 0.3 is 0 Å². The van der Waals surface area contributed by atoms with E-state index >= 15 is 0 Å². The molecule has 2 N–H and O–H groups in total. The molecule has 0 fully saturated rings. The number of aryl methyl sites for hydroxylation is 1. The molecule has 0 atom stereocenters. The third-order valence-electron chi connectivity index (χ3n) is 4.01. The molecule has 2 amide bonds. The number of benzene rings is 2. The van der Waals surface area contributed by atoms with Crippen molar-refractivity contribution in [3.63, 3.8) is 0 Å². The molecule has 3 rings (SSSR count). The summed E-state index contributed by atoms with van der Waals surface area (Å²) in [6.07, 6.45) is 2.97. The summed E-state index contributed by atoms with van der Waals surface area (Å²) in [5.41, 5.74) is 1.25. The van der Waals surface area contributed by atoms with E-state index in [1.165, 1.54) is 48.6 Å². The summed E-state index contributed by atoms with van der Waals surface area (Å²) >= 11 is 0. The Kier molecular flexibility index (Phi) is 4.40. The van der Waals surface area contributed by atoms with Crippen LogP contribution in [-0.4, -0.2) is 27.0 Å². The second-order valence-corrected chi connectivity index (χ2v) is 5.72. The first-order valence-corrected chi connectivity index (χ1v) is 7.71. The van der Waals surface area contributed by atoms with E-state index in [0.717, 1.165) is 4.90 Å². The number of nitro benzene ring substituents is 1. The number of carbonyl (C=O) groups is 2. The first kappa shape index (κ1) is 17.2. The number of aromatic hydroxyl groups is 2. The first-order chi connectivity index (χ1) is 12.4. The van der Waals surface area contributed by atoms with Crippen LogP contribution in [0.25, 0.3) is 6.08 Å². The van der Waals surface area contributed by atoms with Crippen molar-refractivity contribution in [1.29, 1.82) is 0 Å². The maximum absolute atomic E-state index is 12.5. The van der Waals surface area contributed by atoms with Gasteiger partial charge in [-0.05, 0) is 41.8 Å². The summed E-state index contributed by atoms with van der Waals surface area (Å²) in [6, 6.07) is 8.05. The Morgan fingerprint density at radius 1 is 1.12 bits per heavy atom. The number of phenols is 2. The van der Waals surface area contributed by atoms with Gasteiger partial charge in [0.15, 0.2) is 11.5 Å². The number of carbonyl (C=O) groups excluding carboxylic acids is 2. The monoisotopic (exact) mass is 354 g/mol. The highest BCUT2D eigenvalue weighted by molar-refractivity contribution is 6.21. The number of nitrogens with zero attached hydrogens (tertiary/aromatic N) is 2. The average molecular weight is 354 g/mol. The molecule has 8 heteroatoms. The number of nitro groups is 1. The smallest absolute Gasteiger partial charge is 0.269 e. The van der Waals surface area contributed by atoms with Crippen LogP contribution < -0.4 is 4.90 Å². The van der Waals surface area contributed by atoms with Crippen LogP contribution in [0.5, 0.6) is 11.5 Å².